The Labute approximate surface area is 262 Å². The number of ether oxygens (including phenoxy) is 1. The van der Waals surface area contributed by atoms with Crippen LogP contribution in [-0.2, 0) is 27.8 Å². The zero-order valence-corrected chi connectivity index (χ0v) is 25.6. The smallest absolute Gasteiger partial charge is 0.343 e. The van der Waals surface area contributed by atoms with E-state index in [1.54, 1.807) is 29.8 Å². The van der Waals surface area contributed by atoms with Gasteiger partial charge in [0.05, 0.1) is 35.4 Å². The van der Waals surface area contributed by atoms with Crippen molar-refractivity contribution in [2.75, 3.05) is 41.9 Å². The predicted molar refractivity (Wildman–Crippen MR) is 167 cm³/mol. The number of pyridine rings is 1. The second-order valence-electron chi connectivity index (χ2n) is 10.8. The Hall–Kier alpha value is -4.67. The summed E-state index contributed by atoms with van der Waals surface area (Å²) in [6.45, 7) is 2.33. The van der Waals surface area contributed by atoms with Crippen LogP contribution < -0.4 is 21.8 Å². The first-order chi connectivity index (χ1) is 21.8. The van der Waals surface area contributed by atoms with Gasteiger partial charge in [-0.15, -0.1) is 0 Å². The van der Waals surface area contributed by atoms with Gasteiger partial charge in [0.15, 0.2) is 5.82 Å². The number of rotatable bonds is 8. The van der Waals surface area contributed by atoms with Gasteiger partial charge < -0.3 is 30.8 Å². The number of anilines is 3. The molecule has 0 amide bonds. The molecule has 244 valence electrons. The van der Waals surface area contributed by atoms with Gasteiger partial charge in [0, 0.05) is 42.8 Å². The lowest BCUT2D eigenvalue weighted by molar-refractivity contribution is 0.0524. The van der Waals surface area contributed by atoms with Crippen LogP contribution in [0.5, 0.6) is 0 Å². The number of hydrogen-bond donors (Lipinski definition) is 4. The second kappa shape index (κ2) is 13.0. The van der Waals surface area contributed by atoms with Crippen molar-refractivity contribution in [1.82, 2.24) is 14.5 Å². The van der Waals surface area contributed by atoms with Gasteiger partial charge in [0.25, 0.3) is 10.1 Å². The number of hydrogen-bond acceptors (Lipinski definition) is 11. The fourth-order valence-corrected chi connectivity index (χ4v) is 5.60. The summed E-state index contributed by atoms with van der Waals surface area (Å²) in [4.78, 5) is 35.6. The molecule has 6 N–H and O–H groups in total. The van der Waals surface area contributed by atoms with Gasteiger partial charge in [-0.1, -0.05) is 6.07 Å². The molecule has 3 heterocycles. The zero-order chi connectivity index (χ0) is 33.3. The molecule has 2 aromatic carbocycles. The van der Waals surface area contributed by atoms with Crippen molar-refractivity contribution in [2.45, 2.75) is 38.8 Å². The van der Waals surface area contributed by atoms with E-state index in [-0.39, 0.29) is 40.6 Å². The summed E-state index contributed by atoms with van der Waals surface area (Å²) >= 11 is 0. The number of esters is 1. The number of halogens is 2. The van der Waals surface area contributed by atoms with E-state index < -0.39 is 45.5 Å². The van der Waals surface area contributed by atoms with Crippen LogP contribution in [0.1, 0.15) is 47.3 Å². The molecule has 0 atom stereocenters. The SMILES string of the molecule is CCOC(=O)c1cn(C2CC2)c2c(F)c(-c3ccc4c(c3)CCN4Cc3cnc(N)nc3N)c(F)cc2c1=O.O=S(=O)(O)CCO. The van der Waals surface area contributed by atoms with Gasteiger partial charge in [-0.3, -0.25) is 9.35 Å². The first kappa shape index (κ1) is 32.7. The number of benzene rings is 2. The fraction of sp³-hybridized carbons (Fsp3) is 0.333. The number of aliphatic hydroxyl groups is 1. The maximum Gasteiger partial charge on any atom is 0.343 e. The third kappa shape index (κ3) is 6.78. The quantitative estimate of drug-likeness (QED) is 0.159. The molecular weight excluding hydrogens is 626 g/mol. The van der Waals surface area contributed by atoms with E-state index in [9.17, 15) is 18.0 Å². The Morgan fingerprint density at radius 1 is 1.20 bits per heavy atom. The number of nitrogen functional groups attached to an aromatic ring is 2. The normalized spacial score (nSPS) is 14.2. The summed E-state index contributed by atoms with van der Waals surface area (Å²) in [5, 5.41) is 7.68. The lowest BCUT2D eigenvalue weighted by Gasteiger charge is -2.20. The van der Waals surface area contributed by atoms with Crippen molar-refractivity contribution in [3.8, 4) is 11.1 Å². The molecule has 0 bridgehead atoms. The summed E-state index contributed by atoms with van der Waals surface area (Å²) in [5.41, 5.74) is 13.3. The number of aliphatic hydroxyl groups excluding tert-OH is 1. The van der Waals surface area contributed by atoms with Crippen molar-refractivity contribution in [2.24, 2.45) is 0 Å². The molecule has 1 fully saturated rings. The van der Waals surface area contributed by atoms with Gasteiger partial charge in [0.2, 0.25) is 11.4 Å². The Morgan fingerprint density at radius 2 is 1.93 bits per heavy atom. The number of fused-ring (bicyclic) bond motifs is 2. The van der Waals surface area contributed by atoms with Crippen molar-refractivity contribution in [3.63, 3.8) is 0 Å². The van der Waals surface area contributed by atoms with E-state index in [1.807, 2.05) is 6.07 Å². The van der Waals surface area contributed by atoms with Crippen molar-refractivity contribution < 1.29 is 36.4 Å². The van der Waals surface area contributed by atoms with E-state index in [0.29, 0.717) is 30.9 Å². The molecule has 2 aliphatic rings. The minimum atomic E-state index is -3.92. The van der Waals surface area contributed by atoms with Crippen molar-refractivity contribution in [1.29, 1.82) is 0 Å². The minimum Gasteiger partial charge on any atom is -0.462 e. The largest absolute Gasteiger partial charge is 0.462 e. The van der Waals surface area contributed by atoms with Crippen LogP contribution in [0.4, 0.5) is 26.2 Å². The van der Waals surface area contributed by atoms with Gasteiger partial charge in [-0.25, -0.2) is 18.6 Å². The third-order valence-corrected chi connectivity index (χ3v) is 8.33. The van der Waals surface area contributed by atoms with Crippen LogP contribution in [0, 0.1) is 11.6 Å². The summed E-state index contributed by atoms with van der Waals surface area (Å²) in [5.74, 6) is -2.67. The van der Waals surface area contributed by atoms with Gasteiger partial charge in [-0.2, -0.15) is 13.4 Å². The molecule has 4 aromatic rings. The molecular formula is C30H32F2N6O7S. The number of aromatic nitrogens is 3. The maximum atomic E-state index is 16.2. The highest BCUT2D eigenvalue weighted by Gasteiger charge is 2.31. The fourth-order valence-electron chi connectivity index (χ4n) is 5.37. The molecule has 2 aromatic heterocycles. The first-order valence-electron chi connectivity index (χ1n) is 14.4. The van der Waals surface area contributed by atoms with E-state index in [0.717, 1.165) is 35.7 Å². The van der Waals surface area contributed by atoms with Crippen molar-refractivity contribution in [3.05, 3.63) is 75.2 Å². The highest BCUT2D eigenvalue weighted by atomic mass is 32.2. The van der Waals surface area contributed by atoms with Crippen LogP contribution in [0.15, 0.2) is 41.5 Å². The van der Waals surface area contributed by atoms with Crippen LogP contribution in [0.2, 0.25) is 0 Å². The van der Waals surface area contributed by atoms with Gasteiger partial charge in [0.1, 0.15) is 17.2 Å². The molecule has 1 aliphatic carbocycles. The Kier molecular flexibility index (Phi) is 9.23. The summed E-state index contributed by atoms with van der Waals surface area (Å²) < 4.78 is 65.3. The number of nitrogens with zero attached hydrogens (tertiary/aromatic N) is 4. The van der Waals surface area contributed by atoms with E-state index in [4.69, 9.17) is 25.9 Å². The van der Waals surface area contributed by atoms with Crippen LogP contribution >= 0.6 is 0 Å². The average molecular weight is 659 g/mol. The summed E-state index contributed by atoms with van der Waals surface area (Å²) in [6.07, 6.45) is 5.15. The molecule has 0 radical (unpaired) electrons. The Morgan fingerprint density at radius 3 is 2.54 bits per heavy atom. The highest BCUT2D eigenvalue weighted by Crippen LogP contribution is 2.41. The molecule has 1 aliphatic heterocycles. The standard InChI is InChI=1S/C28H26F2N6O3.C2H6O4S/c1-2-39-27(38)19-13-36(17-4-5-17)24-18(25(19)37)10-20(29)22(23(24)30)15-3-6-21-14(9-15)7-8-35(21)12-16-11-33-28(32)34-26(16)31;3-1-2-7(4,5)6/h3,6,9-11,13,17H,2,4-5,7-8,12H2,1H3,(H4,31,32,33,34);3H,1-2H2,(H,4,5,6). The molecule has 1 saturated carbocycles. The predicted octanol–water partition coefficient (Wildman–Crippen LogP) is 2.84. The van der Waals surface area contributed by atoms with Gasteiger partial charge >= 0.3 is 5.97 Å². The van der Waals surface area contributed by atoms with Crippen LogP contribution in [0.3, 0.4) is 0 Å². The van der Waals surface area contributed by atoms with E-state index >= 15 is 8.78 Å². The van der Waals surface area contributed by atoms with E-state index in [1.165, 1.54) is 6.20 Å². The van der Waals surface area contributed by atoms with Crippen LogP contribution in [-0.4, -0.2) is 64.1 Å². The average Bonchev–Trinajstić information content (AvgIpc) is 3.75. The second-order valence-corrected chi connectivity index (χ2v) is 12.4. The third-order valence-electron chi connectivity index (χ3n) is 7.63. The zero-order valence-electron chi connectivity index (χ0n) is 24.7. The van der Waals surface area contributed by atoms with E-state index in [2.05, 4.69) is 14.9 Å². The highest BCUT2D eigenvalue weighted by molar-refractivity contribution is 7.85. The Balaban J connectivity index is 0.000000537. The van der Waals surface area contributed by atoms with Gasteiger partial charge in [-0.05, 0) is 55.5 Å². The molecule has 16 heteroatoms. The number of carbonyl (C=O) groups is 1. The maximum absolute atomic E-state index is 16.2. The molecule has 0 spiro atoms. The topological polar surface area (TPSA) is 204 Å². The lowest BCUT2D eigenvalue weighted by Crippen LogP contribution is -2.22. The molecule has 0 saturated heterocycles. The first-order valence-corrected chi connectivity index (χ1v) is 16.0. The Bertz CT molecular complexity index is 2000. The summed E-state index contributed by atoms with van der Waals surface area (Å²) in [6, 6.07) is 6.22. The molecule has 0 unspecified atom stereocenters. The van der Waals surface area contributed by atoms with Crippen LogP contribution in [0.25, 0.3) is 22.0 Å². The molecule has 6 rings (SSSR count). The molecule has 46 heavy (non-hydrogen) atoms. The molecule has 13 nitrogen and oxygen atoms in total. The monoisotopic (exact) mass is 658 g/mol. The minimum absolute atomic E-state index is 0.00657. The number of nitrogens with two attached hydrogens (primary N) is 2. The van der Waals surface area contributed by atoms with Crippen molar-refractivity contribution >= 4 is 44.4 Å². The summed E-state index contributed by atoms with van der Waals surface area (Å²) in [7, 11) is -3.92. The number of carbonyl (C=O) groups excluding carboxylic acids is 1. The lowest BCUT2D eigenvalue weighted by atomic mass is 9.98.